The molecule has 1 fully saturated rings. The molecule has 0 spiro atoms. The number of nitrogens with one attached hydrogen (secondary N) is 1. The van der Waals surface area contributed by atoms with E-state index < -0.39 is 0 Å². The van der Waals surface area contributed by atoms with Crippen LogP contribution in [0.2, 0.25) is 0 Å². The normalized spacial score (nSPS) is 14.5. The van der Waals surface area contributed by atoms with Crippen LogP contribution < -0.4 is 10.9 Å². The summed E-state index contributed by atoms with van der Waals surface area (Å²) in [7, 11) is 0. The summed E-state index contributed by atoms with van der Waals surface area (Å²) >= 11 is 1.35. The van der Waals surface area contributed by atoms with Gasteiger partial charge in [0.15, 0.2) is 5.16 Å². The molecule has 2 aromatic heterocycles. The Morgan fingerprint density at radius 3 is 2.58 bits per heavy atom. The molecule has 7 nitrogen and oxygen atoms in total. The van der Waals surface area contributed by atoms with Crippen molar-refractivity contribution in [3.8, 4) is 0 Å². The SMILES string of the molecule is O=C(CSc1nnc2n(Cc3ccccc3)c(=O)c3ccccc3n12)NC1CCCC1. The standard InChI is InChI=1S/C23H23N5O2S/c29-20(24-17-10-4-5-11-17)15-31-23-26-25-22-27(14-16-8-2-1-3-9-16)21(30)18-12-6-7-13-19(18)28(22)23/h1-3,6-9,12-13,17H,4-5,10-11,14-15H2,(H,24,29). The Hall–Kier alpha value is -3.13. The van der Waals surface area contributed by atoms with E-state index in [1.165, 1.54) is 24.6 Å². The number of carbonyl (C=O) groups is 1. The van der Waals surface area contributed by atoms with Crippen LogP contribution in [0, 0.1) is 0 Å². The minimum atomic E-state index is -0.102. The van der Waals surface area contributed by atoms with Gasteiger partial charge < -0.3 is 5.32 Å². The number of para-hydroxylation sites is 1. The number of carbonyl (C=O) groups excluding carboxylic acids is 1. The fraction of sp³-hybridized carbons (Fsp3) is 0.304. The first-order valence-corrected chi connectivity index (χ1v) is 11.5. The van der Waals surface area contributed by atoms with Gasteiger partial charge in [-0.3, -0.25) is 18.6 Å². The highest BCUT2D eigenvalue weighted by atomic mass is 32.2. The van der Waals surface area contributed by atoms with Crippen LogP contribution in [0.15, 0.2) is 64.5 Å². The minimum absolute atomic E-state index is 0.00978. The highest BCUT2D eigenvalue weighted by Crippen LogP contribution is 2.23. The van der Waals surface area contributed by atoms with Gasteiger partial charge in [0.1, 0.15) is 0 Å². The average Bonchev–Trinajstić information content (AvgIpc) is 3.46. The summed E-state index contributed by atoms with van der Waals surface area (Å²) < 4.78 is 3.53. The molecule has 2 heterocycles. The summed E-state index contributed by atoms with van der Waals surface area (Å²) in [5.74, 6) is 0.755. The molecule has 0 aliphatic heterocycles. The van der Waals surface area contributed by atoms with Crippen LogP contribution in [0.4, 0.5) is 0 Å². The van der Waals surface area contributed by atoms with Gasteiger partial charge in [0.05, 0.1) is 23.2 Å². The number of hydrogen-bond donors (Lipinski definition) is 1. The number of fused-ring (bicyclic) bond motifs is 3. The number of thioether (sulfide) groups is 1. The summed E-state index contributed by atoms with van der Waals surface area (Å²) in [6.07, 6.45) is 4.47. The fourth-order valence-corrected chi connectivity index (χ4v) is 4.96. The molecule has 0 unspecified atom stereocenters. The van der Waals surface area contributed by atoms with Gasteiger partial charge >= 0.3 is 0 Å². The van der Waals surface area contributed by atoms with Gasteiger partial charge in [-0.2, -0.15) is 0 Å². The third kappa shape index (κ3) is 3.95. The zero-order chi connectivity index (χ0) is 21.2. The van der Waals surface area contributed by atoms with E-state index in [9.17, 15) is 9.59 Å². The maximum Gasteiger partial charge on any atom is 0.263 e. The number of nitrogens with zero attached hydrogens (tertiary/aromatic N) is 4. The highest BCUT2D eigenvalue weighted by Gasteiger charge is 2.20. The summed E-state index contributed by atoms with van der Waals surface area (Å²) in [6, 6.07) is 17.6. The molecule has 8 heteroatoms. The lowest BCUT2D eigenvalue weighted by atomic mass is 10.2. The first kappa shape index (κ1) is 19.8. The lowest BCUT2D eigenvalue weighted by molar-refractivity contribution is -0.119. The molecular weight excluding hydrogens is 410 g/mol. The van der Waals surface area contributed by atoms with Crippen molar-refractivity contribution >= 4 is 34.3 Å². The lowest BCUT2D eigenvalue weighted by Crippen LogP contribution is -2.33. The smallest absolute Gasteiger partial charge is 0.263 e. The van der Waals surface area contributed by atoms with Gasteiger partial charge in [-0.25, -0.2) is 0 Å². The second kappa shape index (κ2) is 8.55. The molecule has 2 aromatic carbocycles. The van der Waals surface area contributed by atoms with E-state index >= 15 is 0 Å². The van der Waals surface area contributed by atoms with E-state index in [4.69, 9.17) is 0 Å². The Balaban J connectivity index is 1.51. The maximum absolute atomic E-state index is 13.2. The van der Waals surface area contributed by atoms with Gasteiger partial charge in [0, 0.05) is 6.04 Å². The van der Waals surface area contributed by atoms with Crippen molar-refractivity contribution in [3.05, 3.63) is 70.5 Å². The van der Waals surface area contributed by atoms with Crippen LogP contribution in [0.5, 0.6) is 0 Å². The first-order chi connectivity index (χ1) is 15.2. The Morgan fingerprint density at radius 1 is 1.03 bits per heavy atom. The van der Waals surface area contributed by atoms with Crippen LogP contribution in [0.3, 0.4) is 0 Å². The molecule has 1 aliphatic rings. The van der Waals surface area contributed by atoms with Crippen LogP contribution in [-0.2, 0) is 11.3 Å². The van der Waals surface area contributed by atoms with E-state index in [2.05, 4.69) is 15.5 Å². The molecule has 1 N–H and O–H groups in total. The summed E-state index contributed by atoms with van der Waals surface area (Å²) in [6.45, 7) is 0.402. The maximum atomic E-state index is 13.2. The molecule has 4 aromatic rings. The Morgan fingerprint density at radius 2 is 1.77 bits per heavy atom. The molecule has 0 atom stereocenters. The van der Waals surface area contributed by atoms with E-state index in [-0.39, 0.29) is 17.2 Å². The van der Waals surface area contributed by atoms with Gasteiger partial charge in [0.2, 0.25) is 11.7 Å². The van der Waals surface area contributed by atoms with E-state index in [1.54, 1.807) is 4.57 Å². The number of rotatable bonds is 6. The molecule has 158 valence electrons. The van der Waals surface area contributed by atoms with E-state index in [0.29, 0.717) is 28.9 Å². The van der Waals surface area contributed by atoms with Crippen molar-refractivity contribution in [2.75, 3.05) is 5.75 Å². The average molecular weight is 434 g/mol. The Kier molecular flexibility index (Phi) is 5.46. The topological polar surface area (TPSA) is 81.3 Å². The first-order valence-electron chi connectivity index (χ1n) is 10.5. The van der Waals surface area contributed by atoms with Gasteiger partial charge in [-0.05, 0) is 30.5 Å². The van der Waals surface area contributed by atoms with Gasteiger partial charge in [-0.15, -0.1) is 10.2 Å². The third-order valence-electron chi connectivity index (χ3n) is 5.71. The molecule has 1 amide bonds. The van der Waals surface area contributed by atoms with E-state index in [1.807, 2.05) is 59.0 Å². The molecule has 0 saturated heterocycles. The summed E-state index contributed by atoms with van der Waals surface area (Å²) in [5, 5.41) is 13.0. The summed E-state index contributed by atoms with van der Waals surface area (Å²) in [5.41, 5.74) is 1.65. The number of amides is 1. The summed E-state index contributed by atoms with van der Waals surface area (Å²) in [4.78, 5) is 25.6. The molecule has 1 saturated carbocycles. The second-order valence-corrected chi connectivity index (χ2v) is 8.79. The predicted octanol–water partition coefficient (Wildman–Crippen LogP) is 3.24. The quantitative estimate of drug-likeness (QED) is 0.472. The van der Waals surface area contributed by atoms with Crippen LogP contribution >= 0.6 is 11.8 Å². The molecule has 1 aliphatic carbocycles. The number of hydrogen-bond acceptors (Lipinski definition) is 5. The van der Waals surface area contributed by atoms with Crippen LogP contribution in [-0.4, -0.2) is 36.9 Å². The number of aromatic nitrogens is 4. The molecule has 5 rings (SSSR count). The van der Waals surface area contributed by atoms with Crippen molar-refractivity contribution in [2.45, 2.75) is 43.4 Å². The van der Waals surface area contributed by atoms with E-state index in [0.717, 1.165) is 23.9 Å². The lowest BCUT2D eigenvalue weighted by Gasteiger charge is -2.12. The number of benzene rings is 2. The monoisotopic (exact) mass is 433 g/mol. The van der Waals surface area contributed by atoms with Gasteiger partial charge in [-0.1, -0.05) is 67.1 Å². The van der Waals surface area contributed by atoms with Crippen molar-refractivity contribution in [1.82, 2.24) is 24.5 Å². The zero-order valence-electron chi connectivity index (χ0n) is 17.0. The second-order valence-electron chi connectivity index (χ2n) is 7.85. The van der Waals surface area contributed by atoms with Crippen LogP contribution in [0.1, 0.15) is 31.2 Å². The Bertz CT molecular complexity index is 1290. The van der Waals surface area contributed by atoms with Gasteiger partial charge in [0.25, 0.3) is 5.56 Å². The van der Waals surface area contributed by atoms with Crippen molar-refractivity contribution in [1.29, 1.82) is 0 Å². The zero-order valence-corrected chi connectivity index (χ0v) is 17.8. The Labute approximate surface area is 183 Å². The minimum Gasteiger partial charge on any atom is -0.353 e. The van der Waals surface area contributed by atoms with Crippen molar-refractivity contribution < 1.29 is 4.79 Å². The van der Waals surface area contributed by atoms with Crippen molar-refractivity contribution in [3.63, 3.8) is 0 Å². The largest absolute Gasteiger partial charge is 0.353 e. The molecule has 0 bridgehead atoms. The van der Waals surface area contributed by atoms with Crippen molar-refractivity contribution in [2.24, 2.45) is 0 Å². The predicted molar refractivity (Wildman–Crippen MR) is 121 cm³/mol. The molecule has 31 heavy (non-hydrogen) atoms. The van der Waals surface area contributed by atoms with Crippen LogP contribution in [0.25, 0.3) is 16.7 Å². The third-order valence-corrected chi connectivity index (χ3v) is 6.64. The molecular formula is C23H23N5O2S. The fourth-order valence-electron chi connectivity index (χ4n) is 4.21. The highest BCUT2D eigenvalue weighted by molar-refractivity contribution is 7.99. The molecule has 0 radical (unpaired) electrons.